The van der Waals surface area contributed by atoms with Crippen LogP contribution in [0.4, 0.5) is 0 Å². The number of unbranched alkanes of at least 4 members (excludes halogenated alkanes) is 6. The fourth-order valence-corrected chi connectivity index (χ4v) is 3.39. The Kier molecular flexibility index (Phi) is 6.90. The van der Waals surface area contributed by atoms with Crippen LogP contribution >= 0.6 is 0 Å². The van der Waals surface area contributed by atoms with Gasteiger partial charge in [-0.05, 0) is 35.2 Å². The Labute approximate surface area is 151 Å². The number of hydrogen-bond acceptors (Lipinski definition) is 2. The molecular formula is C23H30O2. The largest absolute Gasteiger partial charge is 0.462 e. The summed E-state index contributed by atoms with van der Waals surface area (Å²) in [7, 11) is 0. The predicted molar refractivity (Wildman–Crippen MR) is 104 cm³/mol. The van der Waals surface area contributed by atoms with Crippen LogP contribution in [-0.2, 0) is 4.74 Å². The summed E-state index contributed by atoms with van der Waals surface area (Å²) in [6.45, 7) is 0.535. The Hall–Kier alpha value is -1.83. The highest BCUT2D eigenvalue weighted by Gasteiger charge is 2.19. The number of fused-ring (bicyclic) bond motifs is 1. The van der Waals surface area contributed by atoms with Crippen molar-refractivity contribution in [2.24, 2.45) is 5.92 Å². The van der Waals surface area contributed by atoms with E-state index in [1.807, 2.05) is 36.4 Å². The van der Waals surface area contributed by atoms with E-state index in [1.54, 1.807) is 0 Å². The Morgan fingerprint density at radius 2 is 1.52 bits per heavy atom. The van der Waals surface area contributed by atoms with Crippen molar-refractivity contribution < 1.29 is 9.53 Å². The van der Waals surface area contributed by atoms with Gasteiger partial charge in [-0.2, -0.15) is 0 Å². The Morgan fingerprint density at radius 1 is 0.840 bits per heavy atom. The maximum Gasteiger partial charge on any atom is 0.338 e. The minimum Gasteiger partial charge on any atom is -0.462 e. The molecule has 0 aliphatic heterocycles. The molecule has 1 aliphatic rings. The van der Waals surface area contributed by atoms with Gasteiger partial charge in [0.25, 0.3) is 0 Å². The molecule has 134 valence electrons. The number of ether oxygens (including phenoxy) is 1. The van der Waals surface area contributed by atoms with E-state index in [0.717, 1.165) is 29.5 Å². The second-order valence-corrected chi connectivity index (χ2v) is 7.40. The molecule has 1 aliphatic carbocycles. The number of esters is 1. The molecule has 3 rings (SSSR count). The Morgan fingerprint density at radius 3 is 2.28 bits per heavy atom. The lowest BCUT2D eigenvalue weighted by molar-refractivity contribution is 0.0498. The molecule has 0 saturated heterocycles. The Bertz CT molecular complexity index is 673. The van der Waals surface area contributed by atoms with Crippen molar-refractivity contribution in [3.8, 4) is 0 Å². The number of benzene rings is 2. The second kappa shape index (κ2) is 9.60. The number of rotatable bonds is 11. The molecule has 1 fully saturated rings. The van der Waals surface area contributed by atoms with Gasteiger partial charge in [-0.15, -0.1) is 0 Å². The van der Waals surface area contributed by atoms with E-state index >= 15 is 0 Å². The third kappa shape index (κ3) is 6.19. The van der Waals surface area contributed by atoms with Crippen molar-refractivity contribution in [1.29, 1.82) is 0 Å². The van der Waals surface area contributed by atoms with Crippen molar-refractivity contribution >= 4 is 16.7 Å². The first-order chi connectivity index (χ1) is 12.3. The van der Waals surface area contributed by atoms with Gasteiger partial charge < -0.3 is 4.74 Å². The average Bonchev–Trinajstić information content (AvgIpc) is 3.47. The normalized spacial score (nSPS) is 13.9. The van der Waals surface area contributed by atoms with Gasteiger partial charge in [-0.3, -0.25) is 0 Å². The lowest BCUT2D eigenvalue weighted by Gasteiger charge is -2.06. The minimum absolute atomic E-state index is 0.203. The molecule has 0 amide bonds. The monoisotopic (exact) mass is 338 g/mol. The van der Waals surface area contributed by atoms with E-state index in [4.69, 9.17) is 4.74 Å². The zero-order chi connectivity index (χ0) is 17.3. The van der Waals surface area contributed by atoms with E-state index in [1.165, 1.54) is 51.4 Å². The summed E-state index contributed by atoms with van der Waals surface area (Å²) in [5.41, 5.74) is 0.648. The number of carbonyl (C=O) groups is 1. The third-order valence-corrected chi connectivity index (χ3v) is 5.17. The summed E-state index contributed by atoms with van der Waals surface area (Å²) in [6.07, 6.45) is 13.3. The molecule has 2 heteroatoms. The first kappa shape index (κ1) is 18.0. The van der Waals surface area contributed by atoms with Crippen molar-refractivity contribution in [1.82, 2.24) is 0 Å². The molecule has 2 aromatic rings. The summed E-state index contributed by atoms with van der Waals surface area (Å²) in [5, 5.41) is 2.23. The summed E-state index contributed by atoms with van der Waals surface area (Å²) in [5.74, 6) is 0.878. The summed E-state index contributed by atoms with van der Waals surface area (Å²) >= 11 is 0. The lowest BCUT2D eigenvalue weighted by Crippen LogP contribution is -2.06. The van der Waals surface area contributed by atoms with Crippen LogP contribution < -0.4 is 0 Å². The Balaban J connectivity index is 1.24. The highest BCUT2D eigenvalue weighted by molar-refractivity contribution is 5.95. The van der Waals surface area contributed by atoms with Gasteiger partial charge in [0.2, 0.25) is 0 Å². The van der Waals surface area contributed by atoms with Gasteiger partial charge in [-0.1, -0.05) is 88.1 Å². The quantitative estimate of drug-likeness (QED) is 0.344. The molecule has 0 aromatic heterocycles. The molecule has 0 N–H and O–H groups in total. The van der Waals surface area contributed by atoms with Crippen molar-refractivity contribution in [2.75, 3.05) is 6.61 Å². The van der Waals surface area contributed by atoms with E-state index in [0.29, 0.717) is 12.2 Å². The van der Waals surface area contributed by atoms with Gasteiger partial charge in [-0.25, -0.2) is 4.79 Å². The van der Waals surface area contributed by atoms with Crippen LogP contribution in [0.5, 0.6) is 0 Å². The number of carbonyl (C=O) groups excluding carboxylic acids is 1. The molecule has 0 radical (unpaired) electrons. The fourth-order valence-electron chi connectivity index (χ4n) is 3.39. The van der Waals surface area contributed by atoms with Crippen molar-refractivity contribution in [3.05, 3.63) is 48.0 Å². The smallest absolute Gasteiger partial charge is 0.338 e. The fraction of sp³-hybridized carbons (Fsp3) is 0.522. The third-order valence-electron chi connectivity index (χ3n) is 5.17. The van der Waals surface area contributed by atoms with Crippen LogP contribution in [-0.4, -0.2) is 12.6 Å². The zero-order valence-electron chi connectivity index (χ0n) is 15.2. The maximum atomic E-state index is 12.1. The van der Waals surface area contributed by atoms with Crippen LogP contribution in [0, 0.1) is 5.92 Å². The molecule has 0 atom stereocenters. The van der Waals surface area contributed by atoms with Crippen molar-refractivity contribution in [3.63, 3.8) is 0 Å². The molecular weight excluding hydrogens is 308 g/mol. The molecule has 0 spiro atoms. The standard InChI is InChI=1S/C23H30O2/c24-23(22-16-15-20-11-7-8-12-21(20)18-22)25-17-9-5-3-1-2-4-6-10-19-13-14-19/h7-8,11-12,15-16,18-19H,1-6,9-10,13-14,17H2. The van der Waals surface area contributed by atoms with E-state index in [2.05, 4.69) is 6.07 Å². The van der Waals surface area contributed by atoms with E-state index in [-0.39, 0.29) is 5.97 Å². The van der Waals surface area contributed by atoms with Crippen LogP contribution in [0.25, 0.3) is 10.8 Å². The van der Waals surface area contributed by atoms with Gasteiger partial charge in [0.05, 0.1) is 12.2 Å². The SMILES string of the molecule is O=C(OCCCCCCCCCC1CC1)c1ccc2ccccc2c1. The van der Waals surface area contributed by atoms with Crippen LogP contribution in [0.1, 0.15) is 74.6 Å². The van der Waals surface area contributed by atoms with Crippen LogP contribution in [0.2, 0.25) is 0 Å². The summed E-state index contributed by atoms with van der Waals surface area (Å²) < 4.78 is 5.42. The summed E-state index contributed by atoms with van der Waals surface area (Å²) in [6, 6.07) is 13.8. The molecule has 1 saturated carbocycles. The molecule has 0 unspecified atom stereocenters. The molecule has 0 bridgehead atoms. The number of hydrogen-bond donors (Lipinski definition) is 0. The van der Waals surface area contributed by atoms with Gasteiger partial charge in [0.15, 0.2) is 0 Å². The first-order valence-corrected chi connectivity index (χ1v) is 9.99. The first-order valence-electron chi connectivity index (χ1n) is 9.99. The van der Waals surface area contributed by atoms with E-state index in [9.17, 15) is 4.79 Å². The van der Waals surface area contributed by atoms with Gasteiger partial charge in [0, 0.05) is 0 Å². The van der Waals surface area contributed by atoms with Crippen molar-refractivity contribution in [2.45, 2.75) is 64.2 Å². The topological polar surface area (TPSA) is 26.3 Å². The van der Waals surface area contributed by atoms with Gasteiger partial charge >= 0.3 is 5.97 Å². The zero-order valence-corrected chi connectivity index (χ0v) is 15.2. The predicted octanol–water partition coefficient (Wildman–Crippen LogP) is 6.53. The summed E-state index contributed by atoms with van der Waals surface area (Å²) in [4.78, 5) is 12.1. The van der Waals surface area contributed by atoms with E-state index < -0.39 is 0 Å². The lowest BCUT2D eigenvalue weighted by atomic mass is 10.1. The highest BCUT2D eigenvalue weighted by atomic mass is 16.5. The van der Waals surface area contributed by atoms with Crippen LogP contribution in [0.3, 0.4) is 0 Å². The average molecular weight is 338 g/mol. The second-order valence-electron chi connectivity index (χ2n) is 7.40. The minimum atomic E-state index is -0.203. The van der Waals surface area contributed by atoms with Gasteiger partial charge in [0.1, 0.15) is 0 Å². The van der Waals surface area contributed by atoms with Crippen LogP contribution in [0.15, 0.2) is 42.5 Å². The molecule has 2 aromatic carbocycles. The molecule has 0 heterocycles. The molecule has 2 nitrogen and oxygen atoms in total. The highest BCUT2D eigenvalue weighted by Crippen LogP contribution is 2.34. The maximum absolute atomic E-state index is 12.1. The molecule has 25 heavy (non-hydrogen) atoms.